The van der Waals surface area contributed by atoms with Gasteiger partial charge in [-0.2, -0.15) is 0 Å². The van der Waals surface area contributed by atoms with Crippen molar-refractivity contribution in [1.82, 2.24) is 4.98 Å². The van der Waals surface area contributed by atoms with Gasteiger partial charge in [0.15, 0.2) is 0 Å². The minimum Gasteiger partial charge on any atom is -0.478 e. The van der Waals surface area contributed by atoms with Crippen LogP contribution in [0.1, 0.15) is 17.3 Å². The number of nitrogens with one attached hydrogen (secondary N) is 1. The Morgan fingerprint density at radius 2 is 2.14 bits per heavy atom. The molecule has 1 aromatic carbocycles. The summed E-state index contributed by atoms with van der Waals surface area (Å²) in [7, 11) is 0. The number of nitrogens with two attached hydrogens (primary N) is 1. The highest BCUT2D eigenvalue weighted by molar-refractivity contribution is 6.44. The second-order valence-corrected chi connectivity index (χ2v) is 4.92. The van der Waals surface area contributed by atoms with Gasteiger partial charge in [-0.25, -0.2) is 4.98 Å². The molecular weight excluding hydrogens is 313 g/mol. The maximum atomic E-state index is 12.1. The molecule has 0 saturated heterocycles. The summed E-state index contributed by atoms with van der Waals surface area (Å²) in [4.78, 5) is 16.2. The monoisotopic (exact) mass is 325 g/mol. The molecule has 21 heavy (non-hydrogen) atoms. The largest absolute Gasteiger partial charge is 0.478 e. The van der Waals surface area contributed by atoms with E-state index >= 15 is 0 Å². The Labute approximate surface area is 132 Å². The minimum atomic E-state index is -0.355. The van der Waals surface area contributed by atoms with Crippen molar-refractivity contribution in [1.29, 1.82) is 0 Å². The third kappa shape index (κ3) is 3.77. The van der Waals surface area contributed by atoms with E-state index in [2.05, 4.69) is 10.3 Å². The molecule has 1 aromatic heterocycles. The summed E-state index contributed by atoms with van der Waals surface area (Å²) < 4.78 is 5.22. The average molecular weight is 326 g/mol. The van der Waals surface area contributed by atoms with Gasteiger partial charge in [0.2, 0.25) is 5.88 Å². The number of benzene rings is 1. The van der Waals surface area contributed by atoms with Crippen LogP contribution in [0.5, 0.6) is 5.88 Å². The van der Waals surface area contributed by atoms with Gasteiger partial charge in [-0.15, -0.1) is 0 Å². The average Bonchev–Trinajstić information content (AvgIpc) is 2.46. The summed E-state index contributed by atoms with van der Waals surface area (Å²) >= 11 is 11.7. The van der Waals surface area contributed by atoms with Crippen LogP contribution in [0.25, 0.3) is 0 Å². The Balaban J connectivity index is 2.14. The number of hydrogen-bond donors (Lipinski definition) is 2. The van der Waals surface area contributed by atoms with E-state index in [-0.39, 0.29) is 21.6 Å². The first-order valence-electron chi connectivity index (χ1n) is 6.16. The van der Waals surface area contributed by atoms with Gasteiger partial charge >= 0.3 is 0 Å². The highest BCUT2D eigenvalue weighted by Crippen LogP contribution is 2.29. The maximum absolute atomic E-state index is 12.1. The molecular formula is C14H13Cl2N3O2. The molecule has 0 unspecified atom stereocenters. The quantitative estimate of drug-likeness (QED) is 0.841. The lowest BCUT2D eigenvalue weighted by molar-refractivity contribution is 0.102. The van der Waals surface area contributed by atoms with Crippen LogP contribution >= 0.6 is 23.2 Å². The van der Waals surface area contributed by atoms with Crippen LogP contribution in [0.2, 0.25) is 10.0 Å². The molecule has 3 N–H and O–H groups in total. The molecule has 0 aliphatic heterocycles. The van der Waals surface area contributed by atoms with E-state index in [4.69, 9.17) is 33.7 Å². The number of anilines is 2. The number of amides is 1. The molecule has 0 atom stereocenters. The Kier molecular flexibility index (Phi) is 4.88. The van der Waals surface area contributed by atoms with Crippen molar-refractivity contribution in [2.24, 2.45) is 0 Å². The van der Waals surface area contributed by atoms with Gasteiger partial charge in [-0.1, -0.05) is 23.2 Å². The van der Waals surface area contributed by atoms with E-state index in [0.717, 1.165) is 0 Å². The number of ether oxygens (including phenoxy) is 1. The van der Waals surface area contributed by atoms with Crippen LogP contribution in [-0.2, 0) is 0 Å². The number of nitrogen functional groups attached to an aromatic ring is 1. The first-order valence-corrected chi connectivity index (χ1v) is 6.91. The predicted octanol–water partition coefficient (Wildman–Crippen LogP) is 3.62. The van der Waals surface area contributed by atoms with Gasteiger partial charge in [0.25, 0.3) is 5.91 Å². The summed E-state index contributed by atoms with van der Waals surface area (Å²) in [6, 6.07) is 6.28. The van der Waals surface area contributed by atoms with E-state index in [9.17, 15) is 4.79 Å². The summed E-state index contributed by atoms with van der Waals surface area (Å²) in [6.45, 7) is 2.40. The molecule has 2 aromatic rings. The van der Waals surface area contributed by atoms with Crippen LogP contribution in [0.15, 0.2) is 30.5 Å². The molecule has 7 heteroatoms. The van der Waals surface area contributed by atoms with Crippen molar-refractivity contribution >= 4 is 40.5 Å². The summed E-state index contributed by atoms with van der Waals surface area (Å²) in [5, 5.41) is 3.15. The molecule has 0 aliphatic rings. The van der Waals surface area contributed by atoms with Crippen LogP contribution in [0.4, 0.5) is 11.4 Å². The minimum absolute atomic E-state index is 0.228. The second-order valence-electron chi connectivity index (χ2n) is 4.13. The fourth-order valence-corrected chi connectivity index (χ4v) is 1.97. The topological polar surface area (TPSA) is 77.2 Å². The standard InChI is InChI=1S/C14H13Cl2N3O2/c1-2-21-12-4-3-9(7-18-12)19-14(20)8-5-10(15)13(16)11(17)6-8/h3-7H,2,17H2,1H3,(H,19,20). The molecule has 2 rings (SSSR count). The molecule has 0 fully saturated rings. The van der Waals surface area contributed by atoms with E-state index in [0.29, 0.717) is 23.7 Å². The Bertz CT molecular complexity index is 637. The lowest BCUT2D eigenvalue weighted by Gasteiger charge is -2.08. The third-order valence-corrected chi connectivity index (χ3v) is 3.42. The van der Waals surface area contributed by atoms with Gasteiger partial charge in [0.1, 0.15) is 0 Å². The Morgan fingerprint density at radius 1 is 1.38 bits per heavy atom. The highest BCUT2D eigenvalue weighted by atomic mass is 35.5. The van der Waals surface area contributed by atoms with Crippen molar-refractivity contribution < 1.29 is 9.53 Å². The van der Waals surface area contributed by atoms with Crippen LogP contribution in [0.3, 0.4) is 0 Å². The second kappa shape index (κ2) is 6.65. The predicted molar refractivity (Wildman–Crippen MR) is 84.2 cm³/mol. The van der Waals surface area contributed by atoms with Crippen LogP contribution < -0.4 is 15.8 Å². The number of pyridine rings is 1. The normalized spacial score (nSPS) is 10.2. The lowest BCUT2D eigenvalue weighted by atomic mass is 10.2. The van der Waals surface area contributed by atoms with E-state index in [1.807, 2.05) is 6.92 Å². The van der Waals surface area contributed by atoms with Crippen molar-refractivity contribution in [2.75, 3.05) is 17.7 Å². The zero-order valence-electron chi connectivity index (χ0n) is 11.2. The summed E-state index contributed by atoms with van der Waals surface area (Å²) in [6.07, 6.45) is 1.50. The smallest absolute Gasteiger partial charge is 0.255 e. The highest BCUT2D eigenvalue weighted by Gasteiger charge is 2.11. The molecule has 110 valence electrons. The van der Waals surface area contributed by atoms with Gasteiger partial charge < -0.3 is 15.8 Å². The number of hydrogen-bond acceptors (Lipinski definition) is 4. The molecule has 0 bridgehead atoms. The van der Waals surface area contributed by atoms with Crippen molar-refractivity contribution in [2.45, 2.75) is 6.92 Å². The van der Waals surface area contributed by atoms with Crippen molar-refractivity contribution in [3.63, 3.8) is 0 Å². The van der Waals surface area contributed by atoms with Crippen LogP contribution in [-0.4, -0.2) is 17.5 Å². The zero-order chi connectivity index (χ0) is 15.4. The number of carbonyl (C=O) groups excluding carboxylic acids is 1. The maximum Gasteiger partial charge on any atom is 0.255 e. The molecule has 0 saturated carbocycles. The Morgan fingerprint density at radius 3 is 2.71 bits per heavy atom. The molecule has 1 heterocycles. The SMILES string of the molecule is CCOc1ccc(NC(=O)c2cc(N)c(Cl)c(Cl)c2)cn1. The Hall–Kier alpha value is -1.98. The van der Waals surface area contributed by atoms with Gasteiger partial charge in [-0.3, -0.25) is 4.79 Å². The fourth-order valence-electron chi connectivity index (χ4n) is 1.63. The van der Waals surface area contributed by atoms with Crippen molar-refractivity contribution in [3.05, 3.63) is 46.1 Å². The molecule has 0 spiro atoms. The number of carbonyl (C=O) groups is 1. The molecule has 0 radical (unpaired) electrons. The number of nitrogens with zero attached hydrogens (tertiary/aromatic N) is 1. The number of rotatable bonds is 4. The van der Waals surface area contributed by atoms with E-state index in [1.54, 1.807) is 12.1 Å². The third-order valence-electron chi connectivity index (χ3n) is 2.60. The zero-order valence-corrected chi connectivity index (χ0v) is 12.7. The van der Waals surface area contributed by atoms with E-state index in [1.165, 1.54) is 18.3 Å². The van der Waals surface area contributed by atoms with Gasteiger partial charge in [-0.05, 0) is 25.1 Å². The van der Waals surface area contributed by atoms with Gasteiger partial charge in [0, 0.05) is 11.6 Å². The van der Waals surface area contributed by atoms with Crippen LogP contribution in [0, 0.1) is 0 Å². The van der Waals surface area contributed by atoms with E-state index < -0.39 is 0 Å². The van der Waals surface area contributed by atoms with Gasteiger partial charge in [0.05, 0.1) is 34.2 Å². The molecule has 0 aliphatic carbocycles. The van der Waals surface area contributed by atoms with Crippen molar-refractivity contribution in [3.8, 4) is 5.88 Å². The first-order chi connectivity index (χ1) is 10.0. The first kappa shape index (κ1) is 15.4. The molecule has 5 nitrogen and oxygen atoms in total. The lowest BCUT2D eigenvalue weighted by Crippen LogP contribution is -2.12. The number of aromatic nitrogens is 1. The fraction of sp³-hybridized carbons (Fsp3) is 0.143. The number of halogens is 2. The molecule has 1 amide bonds. The summed E-state index contributed by atoms with van der Waals surface area (Å²) in [5.74, 6) is 0.139. The summed E-state index contributed by atoms with van der Waals surface area (Å²) in [5.41, 5.74) is 6.78.